The summed E-state index contributed by atoms with van der Waals surface area (Å²) < 4.78 is 25.5. The monoisotopic (exact) mass is 190 g/mol. The third kappa shape index (κ3) is 1.20. The van der Waals surface area contributed by atoms with E-state index in [2.05, 4.69) is 6.92 Å². The molecule has 1 saturated heterocycles. The minimum atomic E-state index is -3.08. The summed E-state index contributed by atoms with van der Waals surface area (Å²) in [6, 6.07) is 0. The van der Waals surface area contributed by atoms with Gasteiger partial charge in [-0.1, -0.05) is 19.8 Å². The van der Waals surface area contributed by atoms with Crippen molar-refractivity contribution in [3.8, 4) is 0 Å². The number of fused-ring (bicyclic) bond motifs is 1. The van der Waals surface area contributed by atoms with Crippen molar-refractivity contribution in [3.63, 3.8) is 0 Å². The highest BCUT2D eigenvalue weighted by Crippen LogP contribution is 2.70. The molecule has 3 heterocycles. The Morgan fingerprint density at radius 3 is 2.50 bits per heavy atom. The predicted octanol–water partition coefficient (Wildman–Crippen LogP) is 2.92. The Labute approximate surface area is 71.1 Å². The van der Waals surface area contributed by atoms with Crippen LogP contribution in [0.25, 0.3) is 0 Å². The molecule has 0 unspecified atom stereocenters. The van der Waals surface area contributed by atoms with Gasteiger partial charge in [0.05, 0.1) is 0 Å². The molecule has 0 spiro atoms. The van der Waals surface area contributed by atoms with Crippen molar-refractivity contribution in [3.05, 3.63) is 11.7 Å². The van der Waals surface area contributed by atoms with Gasteiger partial charge in [0.25, 0.3) is 0 Å². The smallest absolute Gasteiger partial charge is 0.383 e. The highest BCUT2D eigenvalue weighted by atomic mass is 31.2. The highest BCUT2D eigenvalue weighted by molar-refractivity contribution is 7.50. The van der Waals surface area contributed by atoms with Gasteiger partial charge in [0.15, 0.2) is 5.76 Å². The van der Waals surface area contributed by atoms with E-state index >= 15 is 0 Å². The summed E-state index contributed by atoms with van der Waals surface area (Å²) in [6.07, 6.45) is 4.10. The zero-order valence-corrected chi connectivity index (χ0v) is 7.80. The van der Waals surface area contributed by atoms with Crippen molar-refractivity contribution in [2.45, 2.75) is 32.6 Å². The molecule has 3 aliphatic heterocycles. The van der Waals surface area contributed by atoms with Crippen LogP contribution < -0.4 is 0 Å². The van der Waals surface area contributed by atoms with Crippen LogP contribution in [0.2, 0.25) is 0 Å². The Hall–Kier alpha value is -0.630. The molecule has 0 amide bonds. The van der Waals surface area contributed by atoms with E-state index in [4.69, 9.17) is 13.6 Å². The first-order chi connectivity index (χ1) is 5.73. The number of phosphoric ester groups is 1. The first kappa shape index (κ1) is 7.99. The van der Waals surface area contributed by atoms with Gasteiger partial charge in [0, 0.05) is 6.42 Å². The minimum absolute atomic E-state index is 0.342. The lowest BCUT2D eigenvalue weighted by atomic mass is 10.2. The summed E-state index contributed by atoms with van der Waals surface area (Å²) in [7, 11) is -3.08. The SMILES string of the molecule is CCCCCC1=C2OP(=O)(O1)O2. The summed E-state index contributed by atoms with van der Waals surface area (Å²) in [5.41, 5.74) is 0. The third-order valence-corrected chi connectivity index (χ3v) is 3.07. The molecule has 0 N–H and O–H groups in total. The van der Waals surface area contributed by atoms with Gasteiger partial charge in [-0.25, -0.2) is 0 Å². The van der Waals surface area contributed by atoms with Crippen LogP contribution in [0.3, 0.4) is 0 Å². The van der Waals surface area contributed by atoms with E-state index in [-0.39, 0.29) is 0 Å². The molecular formula is C7H11O4P. The average Bonchev–Trinajstić information content (AvgIpc) is 2.42. The molecule has 0 atom stereocenters. The maximum atomic E-state index is 11.0. The molecule has 0 aromatic heterocycles. The maximum Gasteiger partial charge on any atom is 0.651 e. The zero-order chi connectivity index (χ0) is 8.60. The van der Waals surface area contributed by atoms with Gasteiger partial charge in [0.1, 0.15) is 0 Å². The molecular weight excluding hydrogens is 179 g/mol. The van der Waals surface area contributed by atoms with E-state index in [0.29, 0.717) is 11.7 Å². The third-order valence-electron chi connectivity index (χ3n) is 1.85. The molecule has 0 aliphatic carbocycles. The van der Waals surface area contributed by atoms with E-state index in [1.165, 1.54) is 0 Å². The van der Waals surface area contributed by atoms with Crippen molar-refractivity contribution in [2.75, 3.05) is 0 Å². The first-order valence-electron chi connectivity index (χ1n) is 4.15. The number of hydrogen-bond acceptors (Lipinski definition) is 4. The zero-order valence-electron chi connectivity index (χ0n) is 6.91. The summed E-state index contributed by atoms with van der Waals surface area (Å²) in [5, 5.41) is 0. The number of unbranched alkanes of at least 4 members (excludes halogenated alkanes) is 2. The molecule has 68 valence electrons. The summed E-state index contributed by atoms with van der Waals surface area (Å²) in [4.78, 5) is 0. The summed E-state index contributed by atoms with van der Waals surface area (Å²) >= 11 is 0. The van der Waals surface area contributed by atoms with E-state index in [1.807, 2.05) is 0 Å². The second kappa shape index (κ2) is 2.70. The highest BCUT2D eigenvalue weighted by Gasteiger charge is 2.55. The van der Waals surface area contributed by atoms with Gasteiger partial charge in [-0.3, -0.25) is 0 Å². The van der Waals surface area contributed by atoms with Crippen molar-refractivity contribution >= 4 is 7.82 Å². The molecule has 3 rings (SSSR count). The number of phosphoric acid groups is 1. The summed E-state index contributed by atoms with van der Waals surface area (Å²) in [5.74, 6) is 0.973. The fraction of sp³-hybridized carbons (Fsp3) is 0.714. The van der Waals surface area contributed by atoms with Gasteiger partial charge >= 0.3 is 13.8 Å². The first-order valence-corrected chi connectivity index (χ1v) is 5.61. The van der Waals surface area contributed by atoms with Crippen LogP contribution in [-0.2, 0) is 18.1 Å². The van der Waals surface area contributed by atoms with E-state index < -0.39 is 7.82 Å². The lowest BCUT2D eigenvalue weighted by molar-refractivity contribution is 0.0985. The van der Waals surface area contributed by atoms with Crippen molar-refractivity contribution in [2.24, 2.45) is 0 Å². The second-order valence-corrected chi connectivity index (χ2v) is 4.33. The standard InChI is InChI=1S/C7H11O4P/c1-2-3-4-5-6-7-10-12(8,9-6)11-7/h2-5H2,1H3. The molecule has 0 aromatic rings. The topological polar surface area (TPSA) is 44.8 Å². The van der Waals surface area contributed by atoms with Crippen LogP contribution in [-0.4, -0.2) is 0 Å². The van der Waals surface area contributed by atoms with Crippen LogP contribution >= 0.6 is 7.82 Å². The Morgan fingerprint density at radius 1 is 1.25 bits per heavy atom. The van der Waals surface area contributed by atoms with Gasteiger partial charge < -0.3 is 13.6 Å². The second-order valence-electron chi connectivity index (χ2n) is 2.89. The molecule has 1 fully saturated rings. The number of hydrogen-bond donors (Lipinski definition) is 0. The van der Waals surface area contributed by atoms with Crippen LogP contribution in [0.1, 0.15) is 32.6 Å². The Bertz CT molecular complexity index is 259. The van der Waals surface area contributed by atoms with Gasteiger partial charge in [-0.05, 0) is 6.42 Å². The summed E-state index contributed by atoms with van der Waals surface area (Å²) in [6.45, 7) is 2.13. The van der Waals surface area contributed by atoms with Crippen LogP contribution in [0.15, 0.2) is 11.7 Å². The van der Waals surface area contributed by atoms with Gasteiger partial charge in [0.2, 0.25) is 0 Å². The quantitative estimate of drug-likeness (QED) is 0.505. The van der Waals surface area contributed by atoms with Crippen LogP contribution in [0.5, 0.6) is 0 Å². The van der Waals surface area contributed by atoms with Crippen LogP contribution in [0, 0.1) is 0 Å². The molecule has 0 aromatic carbocycles. The Kier molecular flexibility index (Phi) is 1.80. The maximum absolute atomic E-state index is 11.0. The average molecular weight is 190 g/mol. The molecule has 12 heavy (non-hydrogen) atoms. The Balaban J connectivity index is 1.83. The molecule has 0 radical (unpaired) electrons. The lowest BCUT2D eigenvalue weighted by Gasteiger charge is -2.15. The van der Waals surface area contributed by atoms with E-state index in [9.17, 15) is 4.57 Å². The fourth-order valence-electron chi connectivity index (χ4n) is 1.20. The fourth-order valence-corrected chi connectivity index (χ4v) is 2.34. The van der Waals surface area contributed by atoms with Crippen LogP contribution in [0.4, 0.5) is 0 Å². The molecule has 4 nitrogen and oxygen atoms in total. The molecule has 5 heteroatoms. The van der Waals surface area contributed by atoms with Gasteiger partial charge in [-0.15, -0.1) is 0 Å². The molecule has 0 saturated carbocycles. The normalized spacial score (nSPS) is 22.4. The van der Waals surface area contributed by atoms with E-state index in [0.717, 1.165) is 25.7 Å². The molecule has 2 bridgehead atoms. The lowest BCUT2D eigenvalue weighted by Crippen LogP contribution is -1.99. The predicted molar refractivity (Wildman–Crippen MR) is 42.0 cm³/mol. The van der Waals surface area contributed by atoms with Crippen molar-refractivity contribution in [1.29, 1.82) is 0 Å². The Morgan fingerprint density at radius 2 is 2.00 bits per heavy atom. The number of rotatable bonds is 4. The van der Waals surface area contributed by atoms with Crippen molar-refractivity contribution in [1.82, 2.24) is 0 Å². The minimum Gasteiger partial charge on any atom is -0.383 e. The molecule has 3 aliphatic rings. The van der Waals surface area contributed by atoms with E-state index in [1.54, 1.807) is 0 Å². The van der Waals surface area contributed by atoms with Gasteiger partial charge in [-0.2, -0.15) is 4.57 Å². The van der Waals surface area contributed by atoms with Crippen molar-refractivity contribution < 1.29 is 18.1 Å². The largest absolute Gasteiger partial charge is 0.651 e. The number of allylic oxidation sites excluding steroid dienone is 1.